The van der Waals surface area contributed by atoms with Gasteiger partial charge in [0.25, 0.3) is 0 Å². The van der Waals surface area contributed by atoms with Gasteiger partial charge in [0.05, 0.1) is 24.3 Å². The van der Waals surface area contributed by atoms with Gasteiger partial charge in [0.2, 0.25) is 5.91 Å². The number of epoxide rings is 1. The van der Waals surface area contributed by atoms with Crippen LogP contribution in [0.1, 0.15) is 23.7 Å². The van der Waals surface area contributed by atoms with Gasteiger partial charge in [-0.15, -0.1) is 0 Å². The number of esters is 1. The Bertz CT molecular complexity index is 516. The van der Waals surface area contributed by atoms with Crippen molar-refractivity contribution in [2.24, 2.45) is 5.92 Å². The van der Waals surface area contributed by atoms with E-state index in [4.69, 9.17) is 9.47 Å². The topological polar surface area (TPSA) is 67.9 Å². The SMILES string of the molecule is CC(=O)N[C@@H]1C[C@H](COC(=O)c2ccccc2)[C@@H]2O[C@@H]21. The molecule has 1 saturated carbocycles. The van der Waals surface area contributed by atoms with Gasteiger partial charge in [0, 0.05) is 12.8 Å². The van der Waals surface area contributed by atoms with Crippen molar-refractivity contribution in [1.29, 1.82) is 0 Å². The Hall–Kier alpha value is -1.88. The Morgan fingerprint density at radius 3 is 2.75 bits per heavy atom. The number of hydrogen-bond acceptors (Lipinski definition) is 4. The molecule has 0 radical (unpaired) electrons. The van der Waals surface area contributed by atoms with Crippen LogP contribution in [-0.2, 0) is 14.3 Å². The molecule has 5 heteroatoms. The maximum absolute atomic E-state index is 11.8. The summed E-state index contributed by atoms with van der Waals surface area (Å²) in [5, 5.41) is 2.88. The van der Waals surface area contributed by atoms with Crippen molar-refractivity contribution in [1.82, 2.24) is 5.32 Å². The Morgan fingerprint density at radius 2 is 2.05 bits per heavy atom. The van der Waals surface area contributed by atoms with E-state index in [1.54, 1.807) is 24.3 Å². The summed E-state index contributed by atoms with van der Waals surface area (Å²) in [6, 6.07) is 8.98. The number of benzene rings is 1. The molecule has 2 fully saturated rings. The second-order valence-electron chi connectivity index (χ2n) is 5.33. The molecule has 1 aliphatic carbocycles. The highest BCUT2D eigenvalue weighted by Crippen LogP contribution is 2.43. The minimum Gasteiger partial charge on any atom is -0.462 e. The van der Waals surface area contributed by atoms with Crippen molar-refractivity contribution < 1.29 is 19.1 Å². The van der Waals surface area contributed by atoms with Gasteiger partial charge in [0.15, 0.2) is 0 Å². The van der Waals surface area contributed by atoms with E-state index >= 15 is 0 Å². The lowest BCUT2D eigenvalue weighted by molar-refractivity contribution is -0.119. The Labute approximate surface area is 117 Å². The molecular formula is C15H17NO4. The summed E-state index contributed by atoms with van der Waals surface area (Å²) in [6.07, 6.45) is 1.02. The number of carbonyl (C=O) groups is 2. The summed E-state index contributed by atoms with van der Waals surface area (Å²) in [5.74, 6) is -0.193. The molecule has 1 aliphatic heterocycles. The standard InChI is InChI=1S/C15H17NO4/c1-9(17)16-12-7-11(13-14(12)20-13)8-19-15(18)10-5-3-2-4-6-10/h2-6,11-14H,7-8H2,1H3,(H,16,17)/t11-,12-,13+,14-/m1/s1. The molecule has 4 atom stereocenters. The number of amides is 1. The molecule has 1 N–H and O–H groups in total. The molecule has 1 saturated heterocycles. The van der Waals surface area contributed by atoms with Crippen LogP contribution in [0.25, 0.3) is 0 Å². The Kier molecular flexibility index (Phi) is 3.44. The van der Waals surface area contributed by atoms with Crippen LogP contribution in [0, 0.1) is 5.92 Å². The minimum atomic E-state index is -0.314. The molecule has 3 rings (SSSR count). The predicted octanol–water partition coefficient (Wildman–Crippen LogP) is 1.14. The largest absolute Gasteiger partial charge is 0.462 e. The van der Waals surface area contributed by atoms with Crippen LogP contribution in [0.15, 0.2) is 30.3 Å². The van der Waals surface area contributed by atoms with Gasteiger partial charge in [-0.05, 0) is 18.6 Å². The van der Waals surface area contributed by atoms with Crippen molar-refractivity contribution in [3.05, 3.63) is 35.9 Å². The molecule has 1 aromatic carbocycles. The van der Waals surface area contributed by atoms with Crippen LogP contribution in [0.3, 0.4) is 0 Å². The van der Waals surface area contributed by atoms with E-state index in [-0.39, 0.29) is 36.0 Å². The number of rotatable bonds is 4. The van der Waals surface area contributed by atoms with Crippen molar-refractivity contribution in [2.45, 2.75) is 31.6 Å². The molecule has 0 spiro atoms. The third-order valence-corrected chi connectivity index (χ3v) is 3.81. The van der Waals surface area contributed by atoms with Crippen LogP contribution in [-0.4, -0.2) is 36.7 Å². The molecule has 1 amide bonds. The highest BCUT2D eigenvalue weighted by molar-refractivity contribution is 5.89. The summed E-state index contributed by atoms with van der Waals surface area (Å²) in [5.41, 5.74) is 0.553. The number of fused-ring (bicyclic) bond motifs is 1. The monoisotopic (exact) mass is 275 g/mol. The highest BCUT2D eigenvalue weighted by atomic mass is 16.6. The van der Waals surface area contributed by atoms with Gasteiger partial charge in [-0.25, -0.2) is 4.79 Å². The van der Waals surface area contributed by atoms with E-state index in [0.717, 1.165) is 6.42 Å². The van der Waals surface area contributed by atoms with Crippen LogP contribution >= 0.6 is 0 Å². The van der Waals surface area contributed by atoms with Gasteiger partial charge < -0.3 is 14.8 Å². The first kappa shape index (κ1) is 13.1. The summed E-state index contributed by atoms with van der Waals surface area (Å²) >= 11 is 0. The molecule has 20 heavy (non-hydrogen) atoms. The molecule has 2 aliphatic rings. The summed E-state index contributed by atoms with van der Waals surface area (Å²) in [7, 11) is 0. The fraction of sp³-hybridized carbons (Fsp3) is 0.467. The third kappa shape index (κ3) is 2.67. The molecule has 0 bridgehead atoms. The van der Waals surface area contributed by atoms with E-state index in [9.17, 15) is 9.59 Å². The third-order valence-electron chi connectivity index (χ3n) is 3.81. The molecule has 0 aromatic heterocycles. The second-order valence-corrected chi connectivity index (χ2v) is 5.33. The van der Waals surface area contributed by atoms with Crippen molar-refractivity contribution in [3.63, 3.8) is 0 Å². The first-order valence-electron chi connectivity index (χ1n) is 6.80. The average Bonchev–Trinajstić information content (AvgIpc) is 3.17. The van der Waals surface area contributed by atoms with E-state index in [2.05, 4.69) is 5.32 Å². The van der Waals surface area contributed by atoms with Crippen molar-refractivity contribution in [3.8, 4) is 0 Å². The average molecular weight is 275 g/mol. The zero-order chi connectivity index (χ0) is 14.1. The number of nitrogens with one attached hydrogen (secondary N) is 1. The smallest absolute Gasteiger partial charge is 0.338 e. The fourth-order valence-corrected chi connectivity index (χ4v) is 2.84. The molecule has 1 heterocycles. The van der Waals surface area contributed by atoms with Crippen molar-refractivity contribution in [2.75, 3.05) is 6.61 Å². The Morgan fingerprint density at radius 1 is 1.30 bits per heavy atom. The molecule has 1 aromatic rings. The second kappa shape index (κ2) is 5.25. The van der Waals surface area contributed by atoms with Crippen LogP contribution in [0.5, 0.6) is 0 Å². The predicted molar refractivity (Wildman–Crippen MR) is 71.1 cm³/mol. The summed E-state index contributed by atoms with van der Waals surface area (Å²) in [6.45, 7) is 1.84. The van der Waals surface area contributed by atoms with E-state index in [1.807, 2.05) is 6.07 Å². The van der Waals surface area contributed by atoms with Gasteiger partial charge >= 0.3 is 5.97 Å². The number of hydrogen-bond donors (Lipinski definition) is 1. The lowest BCUT2D eigenvalue weighted by Gasteiger charge is -2.16. The fourth-order valence-electron chi connectivity index (χ4n) is 2.84. The lowest BCUT2D eigenvalue weighted by Crippen LogP contribution is -2.36. The maximum atomic E-state index is 11.8. The first-order valence-corrected chi connectivity index (χ1v) is 6.80. The van der Waals surface area contributed by atoms with Crippen LogP contribution in [0.2, 0.25) is 0 Å². The van der Waals surface area contributed by atoms with Crippen LogP contribution < -0.4 is 5.32 Å². The lowest BCUT2D eigenvalue weighted by atomic mass is 10.1. The Balaban J connectivity index is 1.51. The van der Waals surface area contributed by atoms with Gasteiger partial charge in [-0.1, -0.05) is 18.2 Å². The van der Waals surface area contributed by atoms with E-state index in [0.29, 0.717) is 12.2 Å². The molecule has 106 valence electrons. The molecular weight excluding hydrogens is 258 g/mol. The quantitative estimate of drug-likeness (QED) is 0.661. The maximum Gasteiger partial charge on any atom is 0.338 e. The molecule has 5 nitrogen and oxygen atoms in total. The first-order chi connectivity index (χ1) is 9.65. The van der Waals surface area contributed by atoms with Crippen molar-refractivity contribution >= 4 is 11.9 Å². The van der Waals surface area contributed by atoms with Crippen LogP contribution in [0.4, 0.5) is 0 Å². The van der Waals surface area contributed by atoms with Gasteiger partial charge in [0.1, 0.15) is 6.10 Å². The normalized spacial score (nSPS) is 30.4. The van der Waals surface area contributed by atoms with Gasteiger partial charge in [-0.2, -0.15) is 0 Å². The van der Waals surface area contributed by atoms with E-state index < -0.39 is 0 Å². The molecule has 0 unspecified atom stereocenters. The number of carbonyl (C=O) groups excluding carboxylic acids is 2. The van der Waals surface area contributed by atoms with E-state index in [1.165, 1.54) is 6.92 Å². The zero-order valence-electron chi connectivity index (χ0n) is 11.2. The summed E-state index contributed by atoms with van der Waals surface area (Å²) in [4.78, 5) is 22.9. The summed E-state index contributed by atoms with van der Waals surface area (Å²) < 4.78 is 10.8. The number of ether oxygens (including phenoxy) is 2. The highest BCUT2D eigenvalue weighted by Gasteiger charge is 2.57. The zero-order valence-corrected chi connectivity index (χ0v) is 11.2. The van der Waals surface area contributed by atoms with Gasteiger partial charge in [-0.3, -0.25) is 4.79 Å². The minimum absolute atomic E-state index is 0.0498.